The van der Waals surface area contributed by atoms with Crippen molar-refractivity contribution >= 4 is 30.7 Å². The van der Waals surface area contributed by atoms with Gasteiger partial charge in [-0.1, -0.05) is 42.5 Å². The molecule has 2 aliphatic heterocycles. The maximum absolute atomic E-state index is 13.1. The van der Waals surface area contributed by atoms with Gasteiger partial charge in [-0.15, -0.1) is 24.8 Å². The minimum atomic E-state index is -0.263. The molecule has 0 saturated carbocycles. The highest BCUT2D eigenvalue weighted by Gasteiger charge is 2.28. The Balaban J connectivity index is 0.00000193. The van der Waals surface area contributed by atoms with Crippen LogP contribution in [0.3, 0.4) is 0 Å². The summed E-state index contributed by atoms with van der Waals surface area (Å²) in [5.41, 5.74) is 2.30. The highest BCUT2D eigenvalue weighted by Crippen LogP contribution is 2.29. The molecule has 2 aliphatic rings. The fourth-order valence-electron chi connectivity index (χ4n) is 4.83. The number of piperidine rings is 1. The van der Waals surface area contributed by atoms with Crippen LogP contribution in [0.1, 0.15) is 42.9 Å². The van der Waals surface area contributed by atoms with E-state index < -0.39 is 0 Å². The molecule has 2 aromatic rings. The molecule has 2 saturated heterocycles. The molecular weight excluding hydrogens is 460 g/mol. The molecule has 7 heteroatoms. The third-order valence-electron chi connectivity index (χ3n) is 7.00. The van der Waals surface area contributed by atoms with E-state index in [1.165, 1.54) is 37.2 Å². The molecule has 182 valence electrons. The quantitative estimate of drug-likeness (QED) is 0.516. The fourth-order valence-corrected chi connectivity index (χ4v) is 4.83. The molecule has 0 N–H and O–H groups in total. The average molecular weight is 496 g/mol. The van der Waals surface area contributed by atoms with Gasteiger partial charge >= 0.3 is 0 Å². The molecule has 0 radical (unpaired) electrons. The first kappa shape index (κ1) is 27.6. The lowest BCUT2D eigenvalue weighted by atomic mass is 9.97. The largest absolute Gasteiger partial charge is 0.342 e. The Morgan fingerprint density at radius 1 is 1.00 bits per heavy atom. The summed E-state index contributed by atoms with van der Waals surface area (Å²) < 4.78 is 13.1. The monoisotopic (exact) mass is 495 g/mol. The molecule has 1 amide bonds. The normalized spacial score (nSPS) is 17.9. The number of amides is 1. The van der Waals surface area contributed by atoms with E-state index in [1.807, 2.05) is 11.9 Å². The van der Waals surface area contributed by atoms with Crippen molar-refractivity contribution in [1.82, 2.24) is 14.7 Å². The van der Waals surface area contributed by atoms with Crippen LogP contribution in [-0.4, -0.2) is 66.4 Å². The van der Waals surface area contributed by atoms with E-state index in [0.29, 0.717) is 18.5 Å². The molecule has 0 bridgehead atoms. The second-order valence-electron chi connectivity index (χ2n) is 8.99. The lowest BCUT2D eigenvalue weighted by molar-refractivity contribution is -0.132. The Labute approximate surface area is 209 Å². The van der Waals surface area contributed by atoms with E-state index in [4.69, 9.17) is 0 Å². The SMILES string of the molecule is CN(C(=O)Cc1ccc(F)cc1)C1CCN(CCC(c2ccccc2)N2CCC2)CC1.Cl.Cl. The van der Waals surface area contributed by atoms with Crippen molar-refractivity contribution in [3.8, 4) is 0 Å². The zero-order valence-corrected chi connectivity index (χ0v) is 21.0. The standard InChI is InChI=1S/C26H34FN3O.2ClH/c1-28(26(31)20-21-8-10-23(27)11-9-21)24-12-17-29(18-13-24)19-14-25(30-15-5-16-30)22-6-3-2-4-7-22;;/h2-4,6-11,24-25H,5,12-20H2,1H3;2*1H. The van der Waals surface area contributed by atoms with Gasteiger partial charge < -0.3 is 9.80 Å². The van der Waals surface area contributed by atoms with Crippen molar-refractivity contribution in [3.05, 3.63) is 71.5 Å². The van der Waals surface area contributed by atoms with E-state index in [9.17, 15) is 9.18 Å². The minimum Gasteiger partial charge on any atom is -0.342 e. The van der Waals surface area contributed by atoms with Gasteiger partial charge in [-0.25, -0.2) is 4.39 Å². The molecule has 2 aromatic carbocycles. The number of hydrogen-bond acceptors (Lipinski definition) is 3. The van der Waals surface area contributed by atoms with Crippen LogP contribution in [0.2, 0.25) is 0 Å². The molecule has 0 aromatic heterocycles. The van der Waals surface area contributed by atoms with Gasteiger partial charge in [0.2, 0.25) is 5.91 Å². The summed E-state index contributed by atoms with van der Waals surface area (Å²) in [7, 11) is 1.92. The van der Waals surface area contributed by atoms with Gasteiger partial charge in [0.25, 0.3) is 0 Å². The van der Waals surface area contributed by atoms with Crippen LogP contribution in [0.4, 0.5) is 4.39 Å². The third kappa shape index (κ3) is 7.41. The summed E-state index contributed by atoms with van der Waals surface area (Å²) in [6.07, 6.45) is 4.85. The Morgan fingerprint density at radius 2 is 1.64 bits per heavy atom. The number of rotatable bonds is 8. The van der Waals surface area contributed by atoms with Crippen molar-refractivity contribution in [3.63, 3.8) is 0 Å². The van der Waals surface area contributed by atoms with Gasteiger partial charge in [0, 0.05) is 32.2 Å². The summed E-state index contributed by atoms with van der Waals surface area (Å²) in [5, 5.41) is 0. The van der Waals surface area contributed by atoms with Crippen molar-refractivity contribution in [2.24, 2.45) is 0 Å². The first-order valence-corrected chi connectivity index (χ1v) is 11.6. The Kier molecular flexibility index (Phi) is 11.1. The van der Waals surface area contributed by atoms with Crippen LogP contribution in [-0.2, 0) is 11.2 Å². The van der Waals surface area contributed by atoms with E-state index in [0.717, 1.165) is 44.5 Å². The second-order valence-corrected chi connectivity index (χ2v) is 8.99. The number of benzene rings is 2. The molecule has 1 unspecified atom stereocenters. The first-order valence-electron chi connectivity index (χ1n) is 11.6. The van der Waals surface area contributed by atoms with Crippen LogP contribution in [0.25, 0.3) is 0 Å². The van der Waals surface area contributed by atoms with Crippen LogP contribution in [0.15, 0.2) is 54.6 Å². The zero-order valence-electron chi connectivity index (χ0n) is 19.4. The number of likely N-dealkylation sites (N-methyl/N-ethyl adjacent to an activating group) is 1. The van der Waals surface area contributed by atoms with Gasteiger partial charge in [0.15, 0.2) is 0 Å². The van der Waals surface area contributed by atoms with Gasteiger partial charge in [0.1, 0.15) is 5.82 Å². The van der Waals surface area contributed by atoms with E-state index in [1.54, 1.807) is 12.1 Å². The molecule has 4 nitrogen and oxygen atoms in total. The molecule has 1 atom stereocenters. The summed E-state index contributed by atoms with van der Waals surface area (Å²) >= 11 is 0. The van der Waals surface area contributed by atoms with Crippen molar-refractivity contribution < 1.29 is 9.18 Å². The molecule has 0 aliphatic carbocycles. The number of likely N-dealkylation sites (tertiary alicyclic amines) is 2. The smallest absolute Gasteiger partial charge is 0.226 e. The topological polar surface area (TPSA) is 26.8 Å². The number of carbonyl (C=O) groups is 1. The second kappa shape index (κ2) is 13.3. The molecule has 0 spiro atoms. The maximum atomic E-state index is 13.1. The lowest BCUT2D eigenvalue weighted by Crippen LogP contribution is -2.47. The highest BCUT2D eigenvalue weighted by molar-refractivity contribution is 5.85. The van der Waals surface area contributed by atoms with Crippen LogP contribution in [0, 0.1) is 5.82 Å². The summed E-state index contributed by atoms with van der Waals surface area (Å²) in [4.78, 5) is 19.7. The molecule has 4 rings (SSSR count). The fraction of sp³-hybridized carbons (Fsp3) is 0.500. The molecular formula is C26H36Cl2FN3O. The number of hydrogen-bond donors (Lipinski definition) is 0. The summed E-state index contributed by atoms with van der Waals surface area (Å²) in [6.45, 7) is 5.61. The van der Waals surface area contributed by atoms with E-state index in [-0.39, 0.29) is 36.5 Å². The summed E-state index contributed by atoms with van der Waals surface area (Å²) in [6, 6.07) is 18.0. The Bertz CT molecular complexity index is 840. The van der Waals surface area contributed by atoms with Gasteiger partial charge in [0.05, 0.1) is 6.42 Å². The van der Waals surface area contributed by atoms with Crippen molar-refractivity contribution in [1.29, 1.82) is 0 Å². The zero-order chi connectivity index (χ0) is 21.6. The number of nitrogens with zero attached hydrogens (tertiary/aromatic N) is 3. The minimum absolute atomic E-state index is 0. The predicted molar refractivity (Wildman–Crippen MR) is 137 cm³/mol. The average Bonchev–Trinajstić information content (AvgIpc) is 2.77. The van der Waals surface area contributed by atoms with Crippen LogP contribution in [0.5, 0.6) is 0 Å². The summed E-state index contributed by atoms with van der Waals surface area (Å²) in [5.74, 6) is -0.146. The van der Waals surface area contributed by atoms with Crippen molar-refractivity contribution in [2.75, 3.05) is 39.8 Å². The number of carbonyl (C=O) groups excluding carboxylic acids is 1. The van der Waals surface area contributed by atoms with E-state index >= 15 is 0 Å². The predicted octanol–water partition coefficient (Wildman–Crippen LogP) is 4.97. The van der Waals surface area contributed by atoms with Gasteiger partial charge in [-0.3, -0.25) is 9.69 Å². The number of halogens is 3. The van der Waals surface area contributed by atoms with Crippen molar-refractivity contribution in [2.45, 2.75) is 44.2 Å². The maximum Gasteiger partial charge on any atom is 0.226 e. The van der Waals surface area contributed by atoms with Gasteiger partial charge in [-0.2, -0.15) is 0 Å². The Hall–Kier alpha value is -1.66. The third-order valence-corrected chi connectivity index (χ3v) is 7.00. The Morgan fingerprint density at radius 3 is 2.21 bits per heavy atom. The van der Waals surface area contributed by atoms with E-state index in [2.05, 4.69) is 40.1 Å². The molecule has 2 heterocycles. The highest BCUT2D eigenvalue weighted by atomic mass is 35.5. The lowest BCUT2D eigenvalue weighted by Gasteiger charge is -2.41. The van der Waals surface area contributed by atoms with Crippen LogP contribution >= 0.6 is 24.8 Å². The van der Waals surface area contributed by atoms with Crippen LogP contribution < -0.4 is 0 Å². The molecule has 33 heavy (non-hydrogen) atoms. The molecule has 2 fully saturated rings. The van der Waals surface area contributed by atoms with Gasteiger partial charge in [-0.05, 0) is 68.6 Å². The first-order chi connectivity index (χ1) is 15.1.